The first-order chi connectivity index (χ1) is 6.65. The molecule has 0 saturated carbocycles. The highest BCUT2D eigenvalue weighted by Gasteiger charge is 2.10. The highest BCUT2D eigenvalue weighted by Crippen LogP contribution is 1.90. The fraction of sp³-hybridized carbons (Fsp3) is 0.800. The molecular weight excluding hydrogens is 178 g/mol. The van der Waals surface area contributed by atoms with Gasteiger partial charge in [-0.3, -0.25) is 4.79 Å². The number of amides is 1. The van der Waals surface area contributed by atoms with Gasteiger partial charge in [-0.15, -0.1) is 0 Å². The Morgan fingerprint density at radius 1 is 1.50 bits per heavy atom. The summed E-state index contributed by atoms with van der Waals surface area (Å²) in [6.07, 6.45) is 0.436. The molecule has 0 aliphatic rings. The SMILES string of the molecule is CCN(CC)C(=O)CNC(C)CC#N. The first-order valence-electron chi connectivity index (χ1n) is 5.03. The van der Waals surface area contributed by atoms with Gasteiger partial charge in [-0.25, -0.2) is 0 Å². The summed E-state index contributed by atoms with van der Waals surface area (Å²) in [7, 11) is 0. The quantitative estimate of drug-likeness (QED) is 0.683. The maximum Gasteiger partial charge on any atom is 0.236 e. The molecule has 1 unspecified atom stereocenters. The number of hydrogen-bond donors (Lipinski definition) is 1. The van der Waals surface area contributed by atoms with Crippen LogP contribution in [0, 0.1) is 11.3 Å². The van der Waals surface area contributed by atoms with Crippen LogP contribution in [0.1, 0.15) is 27.2 Å². The summed E-state index contributed by atoms with van der Waals surface area (Å²) in [5.74, 6) is 0.0970. The molecule has 1 amide bonds. The smallest absolute Gasteiger partial charge is 0.236 e. The second kappa shape index (κ2) is 7.34. The van der Waals surface area contributed by atoms with Crippen molar-refractivity contribution in [1.29, 1.82) is 5.26 Å². The molecule has 14 heavy (non-hydrogen) atoms. The number of likely N-dealkylation sites (N-methyl/N-ethyl adjacent to an activating group) is 1. The molecule has 0 fully saturated rings. The van der Waals surface area contributed by atoms with E-state index >= 15 is 0 Å². The van der Waals surface area contributed by atoms with Gasteiger partial charge in [0, 0.05) is 19.1 Å². The van der Waals surface area contributed by atoms with E-state index in [2.05, 4.69) is 11.4 Å². The van der Waals surface area contributed by atoms with Gasteiger partial charge in [0.2, 0.25) is 5.91 Å². The third-order valence-electron chi connectivity index (χ3n) is 2.12. The Hall–Kier alpha value is -1.08. The molecule has 1 N–H and O–H groups in total. The van der Waals surface area contributed by atoms with Crippen LogP contribution >= 0.6 is 0 Å². The molecule has 0 aromatic rings. The standard InChI is InChI=1S/C10H19N3O/c1-4-13(5-2)10(14)8-12-9(3)6-7-11/h9,12H,4-6,8H2,1-3H3. The molecule has 0 bridgehead atoms. The molecule has 0 aromatic carbocycles. The van der Waals surface area contributed by atoms with Gasteiger partial charge in [0.1, 0.15) is 0 Å². The lowest BCUT2D eigenvalue weighted by molar-refractivity contribution is -0.129. The van der Waals surface area contributed by atoms with E-state index in [0.717, 1.165) is 13.1 Å². The van der Waals surface area contributed by atoms with Gasteiger partial charge in [-0.05, 0) is 20.8 Å². The Kier molecular flexibility index (Phi) is 6.77. The molecule has 4 heteroatoms. The van der Waals surface area contributed by atoms with Crippen molar-refractivity contribution >= 4 is 5.91 Å². The van der Waals surface area contributed by atoms with Gasteiger partial charge in [0.05, 0.1) is 19.0 Å². The van der Waals surface area contributed by atoms with E-state index in [1.54, 1.807) is 4.90 Å². The van der Waals surface area contributed by atoms with Gasteiger partial charge >= 0.3 is 0 Å². The second-order valence-corrected chi connectivity index (χ2v) is 3.21. The first-order valence-corrected chi connectivity index (χ1v) is 5.03. The summed E-state index contributed by atoms with van der Waals surface area (Å²) >= 11 is 0. The highest BCUT2D eigenvalue weighted by molar-refractivity contribution is 5.78. The molecular formula is C10H19N3O. The number of rotatable bonds is 6. The van der Waals surface area contributed by atoms with Gasteiger partial charge in [-0.2, -0.15) is 5.26 Å². The highest BCUT2D eigenvalue weighted by atomic mass is 16.2. The molecule has 0 aliphatic heterocycles. The molecule has 4 nitrogen and oxygen atoms in total. The number of nitriles is 1. The van der Waals surface area contributed by atoms with Crippen LogP contribution in [0.5, 0.6) is 0 Å². The van der Waals surface area contributed by atoms with Crippen molar-refractivity contribution in [3.05, 3.63) is 0 Å². The fourth-order valence-corrected chi connectivity index (χ4v) is 1.16. The van der Waals surface area contributed by atoms with E-state index in [-0.39, 0.29) is 11.9 Å². The monoisotopic (exact) mass is 197 g/mol. The molecule has 0 aromatic heterocycles. The van der Waals surface area contributed by atoms with Crippen molar-refractivity contribution in [2.24, 2.45) is 0 Å². The minimum Gasteiger partial charge on any atom is -0.342 e. The molecule has 0 aliphatic carbocycles. The number of hydrogen-bond acceptors (Lipinski definition) is 3. The molecule has 0 heterocycles. The molecule has 80 valence electrons. The van der Waals surface area contributed by atoms with Crippen molar-refractivity contribution in [3.8, 4) is 6.07 Å². The van der Waals surface area contributed by atoms with Crippen LogP contribution in [-0.2, 0) is 4.79 Å². The molecule has 1 atom stereocenters. The predicted octanol–water partition coefficient (Wildman–Crippen LogP) is 0.747. The van der Waals surface area contributed by atoms with Gasteiger partial charge in [0.25, 0.3) is 0 Å². The Bertz CT molecular complexity index is 206. The summed E-state index contributed by atoms with van der Waals surface area (Å²) in [6.45, 7) is 7.62. The summed E-state index contributed by atoms with van der Waals surface area (Å²) in [6, 6.07) is 2.14. The minimum atomic E-state index is 0.0829. The predicted molar refractivity (Wildman–Crippen MR) is 55.6 cm³/mol. The summed E-state index contributed by atoms with van der Waals surface area (Å²) in [5, 5.41) is 11.4. The van der Waals surface area contributed by atoms with Crippen LogP contribution in [0.4, 0.5) is 0 Å². The normalized spacial score (nSPS) is 11.9. The van der Waals surface area contributed by atoms with Crippen LogP contribution in [-0.4, -0.2) is 36.5 Å². The van der Waals surface area contributed by atoms with Gasteiger partial charge in [0.15, 0.2) is 0 Å². The zero-order chi connectivity index (χ0) is 11.0. The van der Waals surface area contributed by atoms with Crippen molar-refractivity contribution in [3.63, 3.8) is 0 Å². The topological polar surface area (TPSA) is 56.1 Å². The number of carbonyl (C=O) groups is 1. The molecule has 0 radical (unpaired) electrons. The largest absolute Gasteiger partial charge is 0.342 e. The van der Waals surface area contributed by atoms with Crippen molar-refractivity contribution in [2.45, 2.75) is 33.2 Å². The molecule has 0 rings (SSSR count). The van der Waals surface area contributed by atoms with E-state index in [1.807, 2.05) is 20.8 Å². The lowest BCUT2D eigenvalue weighted by Gasteiger charge is -2.19. The fourth-order valence-electron chi connectivity index (χ4n) is 1.16. The number of carbonyl (C=O) groups excluding carboxylic acids is 1. The summed E-state index contributed by atoms with van der Waals surface area (Å²) in [4.78, 5) is 13.3. The third-order valence-corrected chi connectivity index (χ3v) is 2.12. The van der Waals surface area contributed by atoms with Gasteiger partial charge < -0.3 is 10.2 Å². The Balaban J connectivity index is 3.78. The minimum absolute atomic E-state index is 0.0829. The van der Waals surface area contributed by atoms with Crippen LogP contribution in [0.15, 0.2) is 0 Å². The van der Waals surface area contributed by atoms with Crippen molar-refractivity contribution < 1.29 is 4.79 Å². The second-order valence-electron chi connectivity index (χ2n) is 3.21. The third kappa shape index (κ3) is 4.83. The van der Waals surface area contributed by atoms with Crippen LogP contribution in [0.3, 0.4) is 0 Å². The first kappa shape index (κ1) is 12.9. The Morgan fingerprint density at radius 3 is 2.50 bits per heavy atom. The zero-order valence-electron chi connectivity index (χ0n) is 9.21. The van der Waals surface area contributed by atoms with Crippen LogP contribution in [0.2, 0.25) is 0 Å². The van der Waals surface area contributed by atoms with E-state index in [9.17, 15) is 4.79 Å². The zero-order valence-corrected chi connectivity index (χ0v) is 9.21. The maximum absolute atomic E-state index is 11.5. The van der Waals surface area contributed by atoms with Crippen molar-refractivity contribution in [1.82, 2.24) is 10.2 Å². The van der Waals surface area contributed by atoms with Crippen LogP contribution in [0.25, 0.3) is 0 Å². The van der Waals surface area contributed by atoms with E-state index in [0.29, 0.717) is 13.0 Å². The Labute approximate surface area is 85.9 Å². The average molecular weight is 197 g/mol. The summed E-state index contributed by atoms with van der Waals surface area (Å²) in [5.41, 5.74) is 0. The van der Waals surface area contributed by atoms with Crippen molar-refractivity contribution in [2.75, 3.05) is 19.6 Å². The molecule has 0 saturated heterocycles. The van der Waals surface area contributed by atoms with E-state index < -0.39 is 0 Å². The lowest BCUT2D eigenvalue weighted by atomic mass is 10.2. The van der Waals surface area contributed by atoms with Crippen LogP contribution < -0.4 is 5.32 Å². The Morgan fingerprint density at radius 2 is 2.07 bits per heavy atom. The van der Waals surface area contributed by atoms with E-state index in [4.69, 9.17) is 5.26 Å². The average Bonchev–Trinajstić information content (AvgIpc) is 2.17. The summed E-state index contributed by atoms with van der Waals surface area (Å²) < 4.78 is 0. The van der Waals surface area contributed by atoms with Gasteiger partial charge in [-0.1, -0.05) is 0 Å². The number of nitrogens with one attached hydrogen (secondary N) is 1. The van der Waals surface area contributed by atoms with E-state index in [1.165, 1.54) is 0 Å². The lowest BCUT2D eigenvalue weighted by Crippen LogP contribution is -2.40. The number of nitrogens with zero attached hydrogens (tertiary/aromatic N) is 2. The molecule has 0 spiro atoms. The maximum atomic E-state index is 11.5.